The van der Waals surface area contributed by atoms with Crippen molar-refractivity contribution >= 4 is 15.9 Å². The Balaban J connectivity index is 1.62. The van der Waals surface area contributed by atoms with Gasteiger partial charge in [-0.15, -0.1) is 0 Å². The number of morpholine rings is 1. The Kier molecular flexibility index (Phi) is 6.89. The first-order chi connectivity index (χ1) is 13.9. The molecule has 1 aliphatic heterocycles. The maximum Gasteiger partial charge on any atom is 0.263 e. The van der Waals surface area contributed by atoms with Crippen LogP contribution in [-0.4, -0.2) is 51.6 Å². The van der Waals surface area contributed by atoms with Gasteiger partial charge in [-0.3, -0.25) is 4.79 Å². The van der Waals surface area contributed by atoms with E-state index >= 15 is 0 Å². The molecular weight excluding hydrogens is 392 g/mol. The second kappa shape index (κ2) is 9.39. The van der Waals surface area contributed by atoms with Crippen LogP contribution in [0.1, 0.15) is 25.5 Å². The Morgan fingerprint density at radius 2 is 1.66 bits per heavy atom. The van der Waals surface area contributed by atoms with Crippen LogP contribution >= 0.6 is 0 Å². The zero-order valence-electron chi connectivity index (χ0n) is 16.6. The van der Waals surface area contributed by atoms with Crippen molar-refractivity contribution in [1.29, 1.82) is 0 Å². The molecule has 2 aromatic carbocycles. The number of ether oxygens (including phenoxy) is 2. The molecule has 0 saturated carbocycles. The van der Waals surface area contributed by atoms with E-state index in [4.69, 9.17) is 9.47 Å². The summed E-state index contributed by atoms with van der Waals surface area (Å²) < 4.78 is 38.9. The summed E-state index contributed by atoms with van der Waals surface area (Å²) in [5, 5.41) is 0. The smallest absolute Gasteiger partial charge is 0.263 e. The predicted molar refractivity (Wildman–Crippen MR) is 109 cm³/mol. The van der Waals surface area contributed by atoms with Crippen molar-refractivity contribution in [3.05, 3.63) is 60.2 Å². The van der Waals surface area contributed by atoms with Gasteiger partial charge in [-0.05, 0) is 43.7 Å². The number of sulfonamides is 1. The van der Waals surface area contributed by atoms with Gasteiger partial charge in [0.25, 0.3) is 5.91 Å². The molecular formula is C21H26N2O5S. The highest BCUT2D eigenvalue weighted by Gasteiger charge is 2.24. The van der Waals surface area contributed by atoms with E-state index in [9.17, 15) is 13.2 Å². The number of hydrogen-bond acceptors (Lipinski definition) is 5. The minimum absolute atomic E-state index is 0.108. The highest BCUT2D eigenvalue weighted by atomic mass is 32.2. The van der Waals surface area contributed by atoms with E-state index in [0.29, 0.717) is 32.1 Å². The van der Waals surface area contributed by atoms with E-state index in [2.05, 4.69) is 4.72 Å². The summed E-state index contributed by atoms with van der Waals surface area (Å²) in [6.07, 6.45) is -0.660. The molecule has 0 spiro atoms. The quantitative estimate of drug-likeness (QED) is 0.746. The molecule has 0 aliphatic carbocycles. The zero-order valence-corrected chi connectivity index (χ0v) is 17.4. The number of hydrogen-bond donors (Lipinski definition) is 1. The first-order valence-electron chi connectivity index (χ1n) is 9.57. The number of carbonyl (C=O) groups is 1. The molecule has 0 unspecified atom stereocenters. The van der Waals surface area contributed by atoms with E-state index in [1.165, 1.54) is 12.1 Å². The van der Waals surface area contributed by atoms with Gasteiger partial charge in [-0.1, -0.05) is 30.3 Å². The van der Waals surface area contributed by atoms with E-state index in [1.54, 1.807) is 30.9 Å². The lowest BCUT2D eigenvalue weighted by Gasteiger charge is -2.29. The number of rotatable bonds is 7. The van der Waals surface area contributed by atoms with Crippen molar-refractivity contribution in [3.63, 3.8) is 0 Å². The Morgan fingerprint density at radius 3 is 2.28 bits per heavy atom. The van der Waals surface area contributed by atoms with Crippen LogP contribution in [0.4, 0.5) is 0 Å². The first-order valence-corrected chi connectivity index (χ1v) is 11.1. The van der Waals surface area contributed by atoms with Crippen LogP contribution in [0.2, 0.25) is 0 Å². The monoisotopic (exact) mass is 418 g/mol. The standard InChI is InChI=1S/C21H26N2O5S/c1-16(18-6-4-3-5-7-18)22-29(25,26)20-10-8-19(9-11-20)28-17(2)21(24)23-12-14-27-15-13-23/h3-11,16-17,22H,12-15H2,1-2H3/t16-,17+/m0/s1. The lowest BCUT2D eigenvalue weighted by Crippen LogP contribution is -2.46. The third kappa shape index (κ3) is 5.56. The molecule has 2 atom stereocenters. The second-order valence-electron chi connectivity index (χ2n) is 6.92. The molecule has 7 nitrogen and oxygen atoms in total. The summed E-state index contributed by atoms with van der Waals surface area (Å²) in [5.41, 5.74) is 0.881. The van der Waals surface area contributed by atoms with Crippen LogP contribution < -0.4 is 9.46 Å². The average Bonchev–Trinajstić information content (AvgIpc) is 2.74. The number of amides is 1. The molecule has 1 amide bonds. The Bertz CT molecular complexity index is 910. The SMILES string of the molecule is C[C@H](NS(=O)(=O)c1ccc(O[C@H](C)C(=O)N2CCOCC2)cc1)c1ccccc1. The van der Waals surface area contributed by atoms with Crippen molar-refractivity contribution in [2.75, 3.05) is 26.3 Å². The molecule has 1 saturated heterocycles. The van der Waals surface area contributed by atoms with Crippen LogP contribution in [0.5, 0.6) is 5.75 Å². The van der Waals surface area contributed by atoms with Gasteiger partial charge in [0.2, 0.25) is 10.0 Å². The van der Waals surface area contributed by atoms with Gasteiger partial charge in [-0.2, -0.15) is 0 Å². The third-order valence-electron chi connectivity index (χ3n) is 4.75. The average molecular weight is 419 g/mol. The summed E-state index contributed by atoms with van der Waals surface area (Å²) in [7, 11) is -3.68. The zero-order chi connectivity index (χ0) is 20.9. The van der Waals surface area contributed by atoms with Crippen molar-refractivity contribution in [1.82, 2.24) is 9.62 Å². The van der Waals surface area contributed by atoms with Crippen molar-refractivity contribution < 1.29 is 22.7 Å². The fourth-order valence-corrected chi connectivity index (χ4v) is 4.34. The lowest BCUT2D eigenvalue weighted by atomic mass is 10.1. The molecule has 0 bridgehead atoms. The van der Waals surface area contributed by atoms with Gasteiger partial charge in [0.15, 0.2) is 6.10 Å². The van der Waals surface area contributed by atoms with Crippen LogP contribution in [0.15, 0.2) is 59.5 Å². The fraction of sp³-hybridized carbons (Fsp3) is 0.381. The fourth-order valence-electron chi connectivity index (χ4n) is 3.10. The number of benzene rings is 2. The van der Waals surface area contributed by atoms with Crippen LogP contribution in [-0.2, 0) is 19.6 Å². The topological polar surface area (TPSA) is 84.9 Å². The molecule has 1 heterocycles. The molecule has 1 N–H and O–H groups in total. The maximum absolute atomic E-state index is 12.6. The van der Waals surface area contributed by atoms with Crippen LogP contribution in [0.25, 0.3) is 0 Å². The first kappa shape index (κ1) is 21.3. The van der Waals surface area contributed by atoms with Gasteiger partial charge in [0, 0.05) is 19.1 Å². The summed E-state index contributed by atoms with van der Waals surface area (Å²) in [5.74, 6) is 0.331. The largest absolute Gasteiger partial charge is 0.481 e. The van der Waals surface area contributed by atoms with Gasteiger partial charge >= 0.3 is 0 Å². The molecule has 29 heavy (non-hydrogen) atoms. The maximum atomic E-state index is 12.6. The highest BCUT2D eigenvalue weighted by molar-refractivity contribution is 7.89. The van der Waals surface area contributed by atoms with Gasteiger partial charge in [0.05, 0.1) is 18.1 Å². The number of nitrogens with zero attached hydrogens (tertiary/aromatic N) is 1. The van der Waals surface area contributed by atoms with Gasteiger partial charge in [-0.25, -0.2) is 13.1 Å². The molecule has 8 heteroatoms. The molecule has 156 valence electrons. The van der Waals surface area contributed by atoms with E-state index in [1.807, 2.05) is 30.3 Å². The second-order valence-corrected chi connectivity index (χ2v) is 8.64. The number of carbonyl (C=O) groups excluding carboxylic acids is 1. The van der Waals surface area contributed by atoms with E-state index < -0.39 is 16.1 Å². The third-order valence-corrected chi connectivity index (χ3v) is 6.31. The van der Waals surface area contributed by atoms with Crippen molar-refractivity contribution in [2.45, 2.75) is 30.9 Å². The Labute approximate surface area is 171 Å². The molecule has 2 aromatic rings. The van der Waals surface area contributed by atoms with E-state index in [-0.39, 0.29) is 16.8 Å². The van der Waals surface area contributed by atoms with Crippen molar-refractivity contribution in [2.24, 2.45) is 0 Å². The Morgan fingerprint density at radius 1 is 1.03 bits per heavy atom. The molecule has 1 fully saturated rings. The summed E-state index contributed by atoms with van der Waals surface area (Å²) >= 11 is 0. The van der Waals surface area contributed by atoms with Gasteiger partial charge in [0.1, 0.15) is 5.75 Å². The summed E-state index contributed by atoms with van der Waals surface area (Å²) in [6.45, 7) is 5.64. The van der Waals surface area contributed by atoms with Crippen molar-refractivity contribution in [3.8, 4) is 5.75 Å². The molecule has 1 aliphatic rings. The normalized spacial score (nSPS) is 16.8. The van der Waals surface area contributed by atoms with Gasteiger partial charge < -0.3 is 14.4 Å². The number of nitrogens with one attached hydrogen (secondary N) is 1. The molecule has 3 rings (SSSR count). The highest BCUT2D eigenvalue weighted by Crippen LogP contribution is 2.20. The van der Waals surface area contributed by atoms with Crippen LogP contribution in [0.3, 0.4) is 0 Å². The minimum Gasteiger partial charge on any atom is -0.481 e. The summed E-state index contributed by atoms with van der Waals surface area (Å²) in [6, 6.07) is 15.1. The minimum atomic E-state index is -3.68. The summed E-state index contributed by atoms with van der Waals surface area (Å²) in [4.78, 5) is 14.3. The van der Waals surface area contributed by atoms with E-state index in [0.717, 1.165) is 5.56 Å². The Hall–Kier alpha value is -2.42. The van der Waals surface area contributed by atoms with Crippen LogP contribution in [0, 0.1) is 0 Å². The molecule has 0 aromatic heterocycles. The predicted octanol–water partition coefficient (Wildman–Crippen LogP) is 2.35. The molecule has 0 radical (unpaired) electrons. The lowest BCUT2D eigenvalue weighted by molar-refractivity contribution is -0.142.